The Morgan fingerprint density at radius 3 is 2.84 bits per heavy atom. The van der Waals surface area contributed by atoms with E-state index in [0.29, 0.717) is 29.2 Å². The number of hydrogen-bond acceptors (Lipinski definition) is 5. The molecular formula is C24H31N5O3. The number of nitrogens with zero attached hydrogens (tertiary/aromatic N) is 4. The molecule has 0 bridgehead atoms. The van der Waals surface area contributed by atoms with Gasteiger partial charge in [-0.25, -0.2) is 4.79 Å². The van der Waals surface area contributed by atoms with E-state index >= 15 is 0 Å². The van der Waals surface area contributed by atoms with Gasteiger partial charge in [0.1, 0.15) is 5.75 Å². The van der Waals surface area contributed by atoms with Gasteiger partial charge in [-0.05, 0) is 56.3 Å². The number of aromatic nitrogens is 3. The number of aryl methyl sites for hydroxylation is 1. The average molecular weight is 438 g/mol. The SMILES string of the molecule is COc1ccc2c(c1)c1c(cnn1C(=O)NCCN1CCC[C@@H]3CCCC[C@H]31)c(=O)n2C. The quantitative estimate of drug-likeness (QED) is 0.678. The molecule has 5 rings (SSSR count). The fraction of sp³-hybridized carbons (Fsp3) is 0.542. The topological polar surface area (TPSA) is 81.4 Å². The van der Waals surface area contributed by atoms with E-state index in [-0.39, 0.29) is 11.6 Å². The minimum absolute atomic E-state index is 0.173. The maximum Gasteiger partial charge on any atom is 0.342 e. The van der Waals surface area contributed by atoms with Gasteiger partial charge >= 0.3 is 6.03 Å². The van der Waals surface area contributed by atoms with E-state index in [1.807, 2.05) is 18.2 Å². The van der Waals surface area contributed by atoms with Gasteiger partial charge in [0.2, 0.25) is 0 Å². The first-order valence-electron chi connectivity index (χ1n) is 11.6. The van der Waals surface area contributed by atoms with Crippen molar-refractivity contribution in [3.63, 3.8) is 0 Å². The highest BCUT2D eigenvalue weighted by molar-refractivity contribution is 6.07. The van der Waals surface area contributed by atoms with Gasteiger partial charge in [-0.1, -0.05) is 12.8 Å². The molecule has 0 radical (unpaired) electrons. The lowest BCUT2D eigenvalue weighted by Crippen LogP contribution is -2.49. The summed E-state index contributed by atoms with van der Waals surface area (Å²) in [7, 11) is 3.33. The molecule has 170 valence electrons. The first-order valence-corrected chi connectivity index (χ1v) is 11.6. The molecule has 0 spiro atoms. The van der Waals surface area contributed by atoms with Crippen LogP contribution in [0.1, 0.15) is 38.5 Å². The highest BCUT2D eigenvalue weighted by Gasteiger charge is 2.32. The van der Waals surface area contributed by atoms with Crippen LogP contribution >= 0.6 is 0 Å². The van der Waals surface area contributed by atoms with E-state index in [0.717, 1.165) is 29.9 Å². The van der Waals surface area contributed by atoms with Crippen LogP contribution in [0.15, 0.2) is 29.2 Å². The number of carbonyl (C=O) groups is 1. The maximum atomic E-state index is 13.1. The number of rotatable bonds is 4. The summed E-state index contributed by atoms with van der Waals surface area (Å²) in [6.07, 6.45) is 9.37. The summed E-state index contributed by atoms with van der Waals surface area (Å²) in [5, 5.41) is 8.48. The Morgan fingerprint density at radius 2 is 2.00 bits per heavy atom. The van der Waals surface area contributed by atoms with Crippen LogP contribution in [-0.4, -0.2) is 58.1 Å². The molecular weight excluding hydrogens is 406 g/mol. The first kappa shape index (κ1) is 21.0. The Hall–Kier alpha value is -2.87. The van der Waals surface area contributed by atoms with Crippen molar-refractivity contribution in [2.24, 2.45) is 13.0 Å². The number of nitrogens with one attached hydrogen (secondary N) is 1. The second-order valence-electron chi connectivity index (χ2n) is 9.09. The number of pyridine rings is 1. The number of fused-ring (bicyclic) bond motifs is 4. The Labute approximate surface area is 187 Å². The molecule has 32 heavy (non-hydrogen) atoms. The van der Waals surface area contributed by atoms with Crippen molar-refractivity contribution in [1.29, 1.82) is 0 Å². The van der Waals surface area contributed by atoms with Gasteiger partial charge in [0.15, 0.2) is 0 Å². The smallest absolute Gasteiger partial charge is 0.342 e. The Bertz CT molecular complexity index is 1210. The molecule has 1 amide bonds. The zero-order valence-electron chi connectivity index (χ0n) is 18.8. The summed E-state index contributed by atoms with van der Waals surface area (Å²) in [5.41, 5.74) is 1.08. The third-order valence-corrected chi connectivity index (χ3v) is 7.35. The lowest BCUT2D eigenvalue weighted by atomic mass is 9.78. The molecule has 0 unspecified atom stereocenters. The Balaban J connectivity index is 1.38. The van der Waals surface area contributed by atoms with Gasteiger partial charge in [-0.15, -0.1) is 0 Å². The highest BCUT2D eigenvalue weighted by Crippen LogP contribution is 2.35. The molecule has 8 nitrogen and oxygen atoms in total. The van der Waals surface area contributed by atoms with E-state index in [4.69, 9.17) is 4.74 Å². The van der Waals surface area contributed by atoms with Gasteiger partial charge in [-0.3, -0.25) is 9.69 Å². The lowest BCUT2D eigenvalue weighted by molar-refractivity contribution is 0.0623. The summed E-state index contributed by atoms with van der Waals surface area (Å²) in [4.78, 5) is 28.5. The molecule has 2 aromatic heterocycles. The van der Waals surface area contributed by atoms with Crippen molar-refractivity contribution in [2.75, 3.05) is 26.7 Å². The predicted molar refractivity (Wildman–Crippen MR) is 124 cm³/mol. The van der Waals surface area contributed by atoms with E-state index in [2.05, 4.69) is 15.3 Å². The minimum atomic E-state index is -0.311. The molecule has 8 heteroatoms. The molecule has 3 aromatic rings. The third-order valence-electron chi connectivity index (χ3n) is 7.35. The van der Waals surface area contributed by atoms with Crippen LogP contribution in [0.5, 0.6) is 5.75 Å². The summed E-state index contributed by atoms with van der Waals surface area (Å²) in [6.45, 7) is 2.53. The van der Waals surface area contributed by atoms with Crippen molar-refractivity contribution in [3.05, 3.63) is 34.7 Å². The molecule has 1 aromatic carbocycles. The van der Waals surface area contributed by atoms with Crippen molar-refractivity contribution in [2.45, 2.75) is 44.6 Å². The second-order valence-corrected chi connectivity index (χ2v) is 9.09. The number of methoxy groups -OCH3 is 1. The largest absolute Gasteiger partial charge is 0.497 e. The van der Waals surface area contributed by atoms with E-state index < -0.39 is 0 Å². The molecule has 2 fully saturated rings. The predicted octanol–water partition coefficient (Wildman–Crippen LogP) is 3.11. The molecule has 2 aliphatic rings. The van der Waals surface area contributed by atoms with Crippen molar-refractivity contribution in [3.8, 4) is 5.75 Å². The second kappa shape index (κ2) is 8.58. The normalized spacial score (nSPS) is 21.6. The van der Waals surface area contributed by atoms with E-state index in [9.17, 15) is 9.59 Å². The summed E-state index contributed by atoms with van der Waals surface area (Å²) in [5.74, 6) is 1.48. The zero-order valence-corrected chi connectivity index (χ0v) is 18.8. The van der Waals surface area contributed by atoms with Crippen molar-refractivity contribution in [1.82, 2.24) is 24.6 Å². The van der Waals surface area contributed by atoms with Crippen LogP contribution in [0.25, 0.3) is 21.8 Å². The first-order chi connectivity index (χ1) is 15.6. The van der Waals surface area contributed by atoms with Gasteiger partial charge in [0.25, 0.3) is 5.56 Å². The fourth-order valence-electron chi connectivity index (χ4n) is 5.72. The Morgan fingerprint density at radius 1 is 1.19 bits per heavy atom. The van der Waals surface area contributed by atoms with Crippen molar-refractivity contribution < 1.29 is 9.53 Å². The molecule has 1 aliphatic heterocycles. The molecule has 1 saturated heterocycles. The molecule has 1 saturated carbocycles. The van der Waals surface area contributed by atoms with Crippen LogP contribution in [0.3, 0.4) is 0 Å². The van der Waals surface area contributed by atoms with Crippen molar-refractivity contribution >= 4 is 27.8 Å². The van der Waals surface area contributed by atoms with Gasteiger partial charge in [0, 0.05) is 31.6 Å². The van der Waals surface area contributed by atoms with Crippen LogP contribution in [0.4, 0.5) is 4.79 Å². The van der Waals surface area contributed by atoms with Crippen LogP contribution in [0, 0.1) is 5.92 Å². The lowest BCUT2D eigenvalue weighted by Gasteiger charge is -2.44. The summed E-state index contributed by atoms with van der Waals surface area (Å²) < 4.78 is 8.27. The number of carbonyl (C=O) groups excluding carboxylic acids is 1. The number of benzene rings is 1. The number of hydrogen-bond donors (Lipinski definition) is 1. The number of amides is 1. The third kappa shape index (κ3) is 3.56. The summed E-state index contributed by atoms with van der Waals surface area (Å²) in [6, 6.07) is 5.85. The molecule has 2 atom stereocenters. The monoisotopic (exact) mass is 437 g/mol. The van der Waals surface area contributed by atoms with Crippen LogP contribution in [0.2, 0.25) is 0 Å². The van der Waals surface area contributed by atoms with Crippen LogP contribution < -0.4 is 15.6 Å². The highest BCUT2D eigenvalue weighted by atomic mass is 16.5. The average Bonchev–Trinajstić information content (AvgIpc) is 3.28. The molecule has 3 heterocycles. The Kier molecular flexibility index (Phi) is 5.63. The van der Waals surface area contributed by atoms with E-state index in [1.54, 1.807) is 18.7 Å². The maximum absolute atomic E-state index is 13.1. The van der Waals surface area contributed by atoms with Gasteiger partial charge in [-0.2, -0.15) is 9.78 Å². The zero-order chi connectivity index (χ0) is 22.2. The molecule has 1 aliphatic carbocycles. The number of likely N-dealkylation sites (tertiary alicyclic amines) is 1. The standard InChI is InChI=1S/C24H31N5O3/c1-27-21-10-9-17(32-2)14-18(21)22-19(23(27)30)15-26-29(22)24(31)25-11-13-28-12-5-7-16-6-3-4-8-20(16)28/h9-10,14-16,20H,3-8,11-13H2,1-2H3,(H,25,31)/t16-,20+/m0/s1. The number of piperidine rings is 1. The van der Waals surface area contributed by atoms with Gasteiger partial charge in [0.05, 0.1) is 29.7 Å². The summed E-state index contributed by atoms with van der Waals surface area (Å²) >= 11 is 0. The minimum Gasteiger partial charge on any atom is -0.497 e. The van der Waals surface area contributed by atoms with Gasteiger partial charge < -0.3 is 14.6 Å². The molecule has 1 N–H and O–H groups in total. The fourth-order valence-corrected chi connectivity index (χ4v) is 5.72. The van der Waals surface area contributed by atoms with E-state index in [1.165, 1.54) is 49.4 Å². The number of ether oxygens (including phenoxy) is 1. The van der Waals surface area contributed by atoms with Crippen LogP contribution in [-0.2, 0) is 7.05 Å².